The number of ether oxygens (including phenoxy) is 2. The standard InChI is InChI=1S/C11H23NO3S/c1-4-15-11(13)8-14-7-6-12-10(3)9-16-5-2/h10,12H,4-9H2,1-3H3. The average molecular weight is 249 g/mol. The van der Waals surface area contributed by atoms with E-state index < -0.39 is 0 Å². The summed E-state index contributed by atoms with van der Waals surface area (Å²) in [5, 5.41) is 3.33. The zero-order chi connectivity index (χ0) is 12.2. The number of carbonyl (C=O) groups excluding carboxylic acids is 1. The second kappa shape index (κ2) is 11.2. The molecule has 0 aliphatic rings. The van der Waals surface area contributed by atoms with E-state index >= 15 is 0 Å². The first-order valence-electron chi connectivity index (χ1n) is 5.75. The SMILES string of the molecule is CCOC(=O)COCCNC(C)CSCC. The van der Waals surface area contributed by atoms with Crippen molar-refractivity contribution in [3.05, 3.63) is 0 Å². The number of hydrogen-bond acceptors (Lipinski definition) is 5. The molecular formula is C11H23NO3S. The van der Waals surface area contributed by atoms with Gasteiger partial charge in [0.1, 0.15) is 6.61 Å². The number of thioether (sulfide) groups is 1. The molecule has 1 N–H and O–H groups in total. The van der Waals surface area contributed by atoms with Crippen LogP contribution < -0.4 is 5.32 Å². The molecule has 1 atom stereocenters. The molecule has 0 bridgehead atoms. The van der Waals surface area contributed by atoms with Gasteiger partial charge in [0.25, 0.3) is 0 Å². The molecule has 0 radical (unpaired) electrons. The molecule has 0 aromatic carbocycles. The Bertz CT molecular complexity index is 179. The van der Waals surface area contributed by atoms with Crippen molar-refractivity contribution in [2.45, 2.75) is 26.8 Å². The van der Waals surface area contributed by atoms with Crippen LogP contribution in [0.4, 0.5) is 0 Å². The molecule has 5 heteroatoms. The van der Waals surface area contributed by atoms with Crippen LogP contribution in [0.2, 0.25) is 0 Å². The van der Waals surface area contributed by atoms with E-state index in [9.17, 15) is 4.79 Å². The predicted octanol–water partition coefficient (Wildman–Crippen LogP) is 1.30. The van der Waals surface area contributed by atoms with Gasteiger partial charge in [-0.05, 0) is 19.6 Å². The van der Waals surface area contributed by atoms with E-state index in [1.807, 2.05) is 11.8 Å². The van der Waals surface area contributed by atoms with Gasteiger partial charge < -0.3 is 14.8 Å². The molecule has 0 aromatic rings. The summed E-state index contributed by atoms with van der Waals surface area (Å²) in [5.41, 5.74) is 0. The van der Waals surface area contributed by atoms with Crippen molar-refractivity contribution in [1.82, 2.24) is 5.32 Å². The van der Waals surface area contributed by atoms with Crippen LogP contribution in [0.5, 0.6) is 0 Å². The smallest absolute Gasteiger partial charge is 0.332 e. The summed E-state index contributed by atoms with van der Waals surface area (Å²) in [6, 6.07) is 0.483. The molecule has 0 saturated heterocycles. The topological polar surface area (TPSA) is 47.6 Å². The van der Waals surface area contributed by atoms with Gasteiger partial charge in [0.05, 0.1) is 13.2 Å². The fourth-order valence-electron chi connectivity index (χ4n) is 1.09. The van der Waals surface area contributed by atoms with Crippen LogP contribution in [0, 0.1) is 0 Å². The van der Waals surface area contributed by atoms with Crippen molar-refractivity contribution in [3.63, 3.8) is 0 Å². The Labute approximate surface area is 102 Å². The van der Waals surface area contributed by atoms with Gasteiger partial charge in [-0.2, -0.15) is 11.8 Å². The highest BCUT2D eigenvalue weighted by atomic mass is 32.2. The van der Waals surface area contributed by atoms with Crippen LogP contribution >= 0.6 is 11.8 Å². The van der Waals surface area contributed by atoms with Gasteiger partial charge in [-0.1, -0.05) is 6.92 Å². The first-order valence-corrected chi connectivity index (χ1v) is 6.90. The minimum absolute atomic E-state index is 0.0492. The molecule has 1 unspecified atom stereocenters. The lowest BCUT2D eigenvalue weighted by atomic mass is 10.4. The molecule has 4 nitrogen and oxygen atoms in total. The van der Waals surface area contributed by atoms with Crippen molar-refractivity contribution in [1.29, 1.82) is 0 Å². The quantitative estimate of drug-likeness (QED) is 0.467. The Kier molecular flexibility index (Phi) is 11.0. The summed E-state index contributed by atoms with van der Waals surface area (Å²) < 4.78 is 9.89. The first-order chi connectivity index (χ1) is 7.70. The molecule has 16 heavy (non-hydrogen) atoms. The predicted molar refractivity (Wildman–Crippen MR) is 67.9 cm³/mol. The minimum Gasteiger partial charge on any atom is -0.464 e. The number of nitrogens with one attached hydrogen (secondary N) is 1. The van der Waals surface area contributed by atoms with Gasteiger partial charge in [-0.3, -0.25) is 0 Å². The van der Waals surface area contributed by atoms with Gasteiger partial charge in [0.2, 0.25) is 0 Å². The Hall–Kier alpha value is -0.260. The highest BCUT2D eigenvalue weighted by Gasteiger charge is 2.02. The maximum Gasteiger partial charge on any atom is 0.332 e. The molecule has 0 rings (SSSR count). The Balaban J connectivity index is 3.23. The summed E-state index contributed by atoms with van der Waals surface area (Å²) in [4.78, 5) is 10.9. The van der Waals surface area contributed by atoms with Gasteiger partial charge in [-0.25, -0.2) is 4.79 Å². The maximum absolute atomic E-state index is 10.9. The number of carbonyl (C=O) groups is 1. The maximum atomic E-state index is 10.9. The zero-order valence-electron chi connectivity index (χ0n) is 10.5. The second-order valence-electron chi connectivity index (χ2n) is 3.37. The molecule has 0 amide bonds. The third-order valence-electron chi connectivity index (χ3n) is 1.84. The molecule has 0 fully saturated rings. The van der Waals surface area contributed by atoms with E-state index in [4.69, 9.17) is 9.47 Å². The van der Waals surface area contributed by atoms with Crippen LogP contribution in [0.3, 0.4) is 0 Å². The van der Waals surface area contributed by atoms with E-state index in [1.54, 1.807) is 6.92 Å². The third-order valence-corrected chi connectivity index (χ3v) is 2.98. The van der Waals surface area contributed by atoms with E-state index in [-0.39, 0.29) is 12.6 Å². The van der Waals surface area contributed by atoms with Crippen LogP contribution in [0.15, 0.2) is 0 Å². The summed E-state index contributed by atoms with van der Waals surface area (Å²) in [6.45, 7) is 7.85. The minimum atomic E-state index is -0.294. The van der Waals surface area contributed by atoms with Crippen molar-refractivity contribution in [3.8, 4) is 0 Å². The van der Waals surface area contributed by atoms with E-state index in [2.05, 4.69) is 19.2 Å². The van der Waals surface area contributed by atoms with E-state index in [0.29, 0.717) is 19.3 Å². The fraction of sp³-hybridized carbons (Fsp3) is 0.909. The normalized spacial score (nSPS) is 12.4. The molecule has 0 aliphatic heterocycles. The van der Waals surface area contributed by atoms with Crippen molar-refractivity contribution in [2.24, 2.45) is 0 Å². The number of rotatable bonds is 10. The summed E-state index contributed by atoms with van der Waals surface area (Å²) in [7, 11) is 0. The van der Waals surface area contributed by atoms with Crippen LogP contribution in [-0.2, 0) is 14.3 Å². The average Bonchev–Trinajstić information content (AvgIpc) is 2.26. The molecule has 0 spiro atoms. The zero-order valence-corrected chi connectivity index (χ0v) is 11.3. The molecule has 0 heterocycles. The van der Waals surface area contributed by atoms with Crippen molar-refractivity contribution in [2.75, 3.05) is 37.9 Å². The van der Waals surface area contributed by atoms with E-state index in [1.165, 1.54) is 0 Å². The highest BCUT2D eigenvalue weighted by molar-refractivity contribution is 7.99. The van der Waals surface area contributed by atoms with Crippen LogP contribution in [-0.4, -0.2) is 49.9 Å². The lowest BCUT2D eigenvalue weighted by Gasteiger charge is -2.12. The Morgan fingerprint density at radius 1 is 1.44 bits per heavy atom. The highest BCUT2D eigenvalue weighted by Crippen LogP contribution is 2.00. The van der Waals surface area contributed by atoms with E-state index in [0.717, 1.165) is 18.1 Å². The Morgan fingerprint density at radius 2 is 2.19 bits per heavy atom. The molecule has 96 valence electrons. The Morgan fingerprint density at radius 3 is 2.81 bits per heavy atom. The van der Waals surface area contributed by atoms with Gasteiger partial charge in [0.15, 0.2) is 0 Å². The number of hydrogen-bond donors (Lipinski definition) is 1. The van der Waals surface area contributed by atoms with Crippen molar-refractivity contribution < 1.29 is 14.3 Å². The summed E-state index contributed by atoms with van der Waals surface area (Å²) in [5.74, 6) is 1.96. The van der Waals surface area contributed by atoms with Gasteiger partial charge >= 0.3 is 5.97 Å². The lowest BCUT2D eigenvalue weighted by molar-refractivity contribution is -0.148. The summed E-state index contributed by atoms with van der Waals surface area (Å²) in [6.07, 6.45) is 0. The first kappa shape index (κ1) is 15.7. The van der Waals surface area contributed by atoms with Crippen LogP contribution in [0.1, 0.15) is 20.8 Å². The number of esters is 1. The molecule has 0 aromatic heterocycles. The third kappa shape index (κ3) is 10.3. The van der Waals surface area contributed by atoms with Gasteiger partial charge in [-0.15, -0.1) is 0 Å². The van der Waals surface area contributed by atoms with Crippen LogP contribution in [0.25, 0.3) is 0 Å². The molecule has 0 saturated carbocycles. The largest absolute Gasteiger partial charge is 0.464 e. The second-order valence-corrected chi connectivity index (χ2v) is 4.69. The summed E-state index contributed by atoms with van der Waals surface area (Å²) >= 11 is 1.91. The molecular weight excluding hydrogens is 226 g/mol. The molecule has 0 aliphatic carbocycles. The van der Waals surface area contributed by atoms with Crippen molar-refractivity contribution >= 4 is 17.7 Å². The van der Waals surface area contributed by atoms with Gasteiger partial charge in [0, 0.05) is 18.3 Å². The monoisotopic (exact) mass is 249 g/mol. The lowest BCUT2D eigenvalue weighted by Crippen LogP contribution is -2.31. The fourth-order valence-corrected chi connectivity index (χ4v) is 1.80.